The van der Waals surface area contributed by atoms with Crippen LogP contribution in [0, 0.1) is 0 Å². The van der Waals surface area contributed by atoms with Gasteiger partial charge in [-0.05, 0) is 30.8 Å². The van der Waals surface area contributed by atoms with E-state index >= 15 is 0 Å². The van der Waals surface area contributed by atoms with E-state index in [9.17, 15) is 13.2 Å². The molecule has 1 aromatic rings. The van der Waals surface area contributed by atoms with E-state index in [1.165, 1.54) is 0 Å². The van der Waals surface area contributed by atoms with Gasteiger partial charge in [-0.15, -0.1) is 0 Å². The van der Waals surface area contributed by atoms with Gasteiger partial charge in [-0.3, -0.25) is 4.79 Å². The molecular formula is C12H18N4O3S2. The van der Waals surface area contributed by atoms with Gasteiger partial charge in [0.1, 0.15) is 10.6 Å². The van der Waals surface area contributed by atoms with Crippen molar-refractivity contribution in [3.05, 3.63) is 5.56 Å². The summed E-state index contributed by atoms with van der Waals surface area (Å²) >= 11 is 1.16. The van der Waals surface area contributed by atoms with Crippen molar-refractivity contribution in [1.29, 1.82) is 0 Å². The quantitative estimate of drug-likeness (QED) is 0.822. The third kappa shape index (κ3) is 3.29. The first kappa shape index (κ1) is 14.6. The maximum Gasteiger partial charge on any atom is 0.258 e. The number of nitrogens with two attached hydrogens (primary N) is 1. The number of nitrogens with one attached hydrogen (secondary N) is 1. The Morgan fingerprint density at radius 2 is 2.10 bits per heavy atom. The summed E-state index contributed by atoms with van der Waals surface area (Å²) in [5.74, 6) is 0.321. The molecule has 9 heteroatoms. The summed E-state index contributed by atoms with van der Waals surface area (Å²) in [4.78, 5) is 14.2. The predicted octanol–water partition coefficient (Wildman–Crippen LogP) is 0.242. The van der Waals surface area contributed by atoms with Gasteiger partial charge in [-0.2, -0.15) is 4.37 Å². The van der Waals surface area contributed by atoms with Crippen molar-refractivity contribution in [1.82, 2.24) is 9.69 Å². The molecule has 2 heterocycles. The molecule has 1 aliphatic heterocycles. The van der Waals surface area contributed by atoms with Crippen LogP contribution in [0.3, 0.4) is 0 Å². The Hall–Kier alpha value is -1.35. The summed E-state index contributed by atoms with van der Waals surface area (Å²) in [6.45, 7) is 0.984. The molecule has 7 nitrogen and oxygen atoms in total. The molecule has 0 atom stereocenters. The molecule has 2 aliphatic rings. The lowest BCUT2D eigenvalue weighted by molar-refractivity contribution is 0.0952. The van der Waals surface area contributed by atoms with Gasteiger partial charge in [0.15, 0.2) is 15.7 Å². The molecule has 0 radical (unpaired) electrons. The second-order valence-electron chi connectivity index (χ2n) is 5.49. The second kappa shape index (κ2) is 5.45. The van der Waals surface area contributed by atoms with Crippen molar-refractivity contribution in [3.63, 3.8) is 0 Å². The van der Waals surface area contributed by atoms with E-state index in [4.69, 9.17) is 5.73 Å². The van der Waals surface area contributed by atoms with Crippen LogP contribution in [0.5, 0.6) is 0 Å². The molecule has 1 amide bonds. The summed E-state index contributed by atoms with van der Waals surface area (Å²) in [6, 6.07) is 0.245. The van der Waals surface area contributed by atoms with Crippen LogP contribution >= 0.6 is 11.5 Å². The monoisotopic (exact) mass is 330 g/mol. The van der Waals surface area contributed by atoms with Crippen molar-refractivity contribution in [2.75, 3.05) is 35.2 Å². The lowest BCUT2D eigenvalue weighted by Gasteiger charge is -2.20. The van der Waals surface area contributed by atoms with Crippen molar-refractivity contribution in [2.24, 2.45) is 0 Å². The average Bonchev–Trinajstić information content (AvgIpc) is 3.16. The minimum Gasteiger partial charge on any atom is -0.382 e. The third-order valence-electron chi connectivity index (χ3n) is 3.68. The van der Waals surface area contributed by atoms with Gasteiger partial charge in [0.2, 0.25) is 0 Å². The fraction of sp³-hybridized carbons (Fsp3) is 0.667. The van der Waals surface area contributed by atoms with Crippen LogP contribution in [0.25, 0.3) is 0 Å². The minimum atomic E-state index is -2.98. The Morgan fingerprint density at radius 1 is 1.33 bits per heavy atom. The number of amides is 1. The lowest BCUT2D eigenvalue weighted by atomic mass is 10.2. The molecule has 0 bridgehead atoms. The zero-order chi connectivity index (χ0) is 15.0. The zero-order valence-electron chi connectivity index (χ0n) is 11.5. The fourth-order valence-corrected chi connectivity index (χ4v) is 4.48. The van der Waals surface area contributed by atoms with E-state index in [-0.39, 0.29) is 29.3 Å². The smallest absolute Gasteiger partial charge is 0.258 e. The number of hydrogen-bond acceptors (Lipinski definition) is 7. The van der Waals surface area contributed by atoms with Gasteiger partial charge in [0, 0.05) is 19.1 Å². The van der Waals surface area contributed by atoms with Gasteiger partial charge in [0.05, 0.1) is 11.5 Å². The number of nitrogen functional groups attached to an aromatic ring is 1. The molecule has 0 unspecified atom stereocenters. The van der Waals surface area contributed by atoms with Gasteiger partial charge in [0.25, 0.3) is 5.91 Å². The maximum absolute atomic E-state index is 12.3. The van der Waals surface area contributed by atoms with Gasteiger partial charge >= 0.3 is 0 Å². The van der Waals surface area contributed by atoms with Crippen LogP contribution in [0.2, 0.25) is 0 Å². The molecule has 0 aromatic carbocycles. The normalized spacial score (nSPS) is 21.8. The van der Waals surface area contributed by atoms with Crippen LogP contribution < -0.4 is 16.0 Å². The van der Waals surface area contributed by atoms with Crippen LogP contribution in [0.4, 0.5) is 10.8 Å². The molecule has 3 rings (SSSR count). The van der Waals surface area contributed by atoms with Gasteiger partial charge in [-0.1, -0.05) is 0 Å². The molecule has 1 aliphatic carbocycles. The highest BCUT2D eigenvalue weighted by molar-refractivity contribution is 7.91. The molecule has 1 saturated heterocycles. The molecule has 2 fully saturated rings. The van der Waals surface area contributed by atoms with Gasteiger partial charge in [-0.25, -0.2) is 8.42 Å². The highest BCUT2D eigenvalue weighted by Crippen LogP contribution is 2.32. The number of carbonyl (C=O) groups excluding carboxylic acids is 1. The number of hydrogen-bond donors (Lipinski definition) is 2. The Labute approximate surface area is 127 Å². The molecule has 21 heavy (non-hydrogen) atoms. The maximum atomic E-state index is 12.3. The Kier molecular flexibility index (Phi) is 3.78. The first-order valence-corrected chi connectivity index (χ1v) is 9.57. The SMILES string of the molecule is Nc1nsc(N2CCCS(=O)(=O)CC2)c1C(=O)NC1CC1. The standard InChI is InChI=1S/C12H18N4O3S2/c13-10-9(11(17)14-8-2-3-8)12(20-15-10)16-4-1-6-21(18,19)7-5-16/h8H,1-7H2,(H2,13,15)(H,14,17). The van der Waals surface area contributed by atoms with Crippen LogP contribution in [0.15, 0.2) is 0 Å². The van der Waals surface area contributed by atoms with E-state index in [1.54, 1.807) is 0 Å². The summed E-state index contributed by atoms with van der Waals surface area (Å²) in [5, 5.41) is 3.59. The first-order valence-electron chi connectivity index (χ1n) is 6.98. The van der Waals surface area contributed by atoms with Crippen molar-refractivity contribution in [3.8, 4) is 0 Å². The number of carbonyl (C=O) groups is 1. The molecular weight excluding hydrogens is 312 g/mol. The number of anilines is 2. The zero-order valence-corrected chi connectivity index (χ0v) is 13.2. The van der Waals surface area contributed by atoms with E-state index in [0.717, 1.165) is 24.4 Å². The van der Waals surface area contributed by atoms with E-state index in [0.29, 0.717) is 30.1 Å². The number of rotatable bonds is 3. The second-order valence-corrected chi connectivity index (χ2v) is 8.54. The number of sulfone groups is 1. The van der Waals surface area contributed by atoms with E-state index in [2.05, 4.69) is 9.69 Å². The predicted molar refractivity (Wildman–Crippen MR) is 82.5 cm³/mol. The van der Waals surface area contributed by atoms with Crippen LogP contribution in [-0.4, -0.2) is 49.3 Å². The fourth-order valence-electron chi connectivity index (χ4n) is 2.35. The minimum absolute atomic E-state index is 0.106. The van der Waals surface area contributed by atoms with E-state index in [1.807, 2.05) is 4.90 Å². The average molecular weight is 330 g/mol. The van der Waals surface area contributed by atoms with Crippen molar-refractivity contribution < 1.29 is 13.2 Å². The molecule has 0 spiro atoms. The summed E-state index contributed by atoms with van der Waals surface area (Å²) < 4.78 is 27.4. The Morgan fingerprint density at radius 3 is 2.81 bits per heavy atom. The molecule has 3 N–H and O–H groups in total. The van der Waals surface area contributed by atoms with Crippen molar-refractivity contribution >= 4 is 38.1 Å². The highest BCUT2D eigenvalue weighted by atomic mass is 32.2. The molecule has 1 aromatic heterocycles. The summed E-state index contributed by atoms with van der Waals surface area (Å²) in [7, 11) is -2.98. The van der Waals surface area contributed by atoms with Crippen LogP contribution in [-0.2, 0) is 9.84 Å². The Balaban J connectivity index is 1.83. The Bertz CT molecular complexity index is 651. The third-order valence-corrected chi connectivity index (χ3v) is 6.32. The summed E-state index contributed by atoms with van der Waals surface area (Å²) in [6.07, 6.45) is 2.56. The van der Waals surface area contributed by atoms with E-state index < -0.39 is 9.84 Å². The van der Waals surface area contributed by atoms with Crippen molar-refractivity contribution in [2.45, 2.75) is 25.3 Å². The van der Waals surface area contributed by atoms with Crippen LogP contribution in [0.1, 0.15) is 29.6 Å². The highest BCUT2D eigenvalue weighted by Gasteiger charge is 2.30. The lowest BCUT2D eigenvalue weighted by Crippen LogP contribution is -2.31. The topological polar surface area (TPSA) is 105 Å². The largest absolute Gasteiger partial charge is 0.382 e. The number of aromatic nitrogens is 1. The molecule has 1 saturated carbocycles. The summed E-state index contributed by atoms with van der Waals surface area (Å²) in [5.41, 5.74) is 6.23. The molecule has 116 valence electrons. The number of nitrogens with zero attached hydrogens (tertiary/aromatic N) is 2. The first-order chi connectivity index (χ1) is 9.96. The van der Waals surface area contributed by atoms with Gasteiger partial charge < -0.3 is 16.0 Å².